The van der Waals surface area contributed by atoms with Gasteiger partial charge in [-0.2, -0.15) is 0 Å². The number of amides is 1. The summed E-state index contributed by atoms with van der Waals surface area (Å²) in [7, 11) is 1.79. The molecule has 1 N–H and O–H groups in total. The Morgan fingerprint density at radius 3 is 2.61 bits per heavy atom. The van der Waals surface area contributed by atoms with Crippen LogP contribution in [-0.2, 0) is 0 Å². The monoisotopic (exact) mass is 322 g/mol. The molecule has 128 valence electrons. The van der Waals surface area contributed by atoms with Gasteiger partial charge in [-0.05, 0) is 50.5 Å². The van der Waals surface area contributed by atoms with Crippen LogP contribution >= 0.6 is 0 Å². The number of hydrogen-bond donors (Lipinski definition) is 1. The maximum absolute atomic E-state index is 13.4. The van der Waals surface area contributed by atoms with Gasteiger partial charge in [-0.25, -0.2) is 4.39 Å². The third kappa shape index (κ3) is 3.72. The summed E-state index contributed by atoms with van der Waals surface area (Å²) in [6, 6.07) is 4.47. The van der Waals surface area contributed by atoms with Crippen LogP contribution in [0.3, 0.4) is 0 Å². The summed E-state index contributed by atoms with van der Waals surface area (Å²) in [6.07, 6.45) is -0.216. The average molecular weight is 322 g/mol. The maximum Gasteiger partial charge on any atom is 0.254 e. The SMILES string of the molecule is Cc1cc(C(=O)N(C)C(C)(C)C(C)CN2CC(O)C2)ccc1F. The maximum atomic E-state index is 13.4. The Morgan fingerprint density at radius 2 is 2.09 bits per heavy atom. The van der Waals surface area contributed by atoms with E-state index in [2.05, 4.69) is 11.8 Å². The number of benzene rings is 1. The molecule has 1 aliphatic rings. The van der Waals surface area contributed by atoms with Gasteiger partial charge in [0.1, 0.15) is 5.82 Å². The topological polar surface area (TPSA) is 43.8 Å². The highest BCUT2D eigenvalue weighted by Gasteiger charge is 2.36. The zero-order chi connectivity index (χ0) is 17.4. The molecule has 0 aliphatic carbocycles. The first kappa shape index (κ1) is 17.9. The molecular formula is C18H27FN2O2. The third-order valence-electron chi connectivity index (χ3n) is 5.25. The van der Waals surface area contributed by atoms with E-state index in [9.17, 15) is 14.3 Å². The molecule has 4 nitrogen and oxygen atoms in total. The molecule has 2 rings (SSSR count). The lowest BCUT2D eigenvalue weighted by Crippen LogP contribution is -2.57. The van der Waals surface area contributed by atoms with Gasteiger partial charge >= 0.3 is 0 Å². The van der Waals surface area contributed by atoms with Crippen LogP contribution in [0.4, 0.5) is 4.39 Å². The minimum Gasteiger partial charge on any atom is -0.390 e. The van der Waals surface area contributed by atoms with Crippen molar-refractivity contribution in [1.82, 2.24) is 9.80 Å². The van der Waals surface area contributed by atoms with Gasteiger partial charge in [0.2, 0.25) is 0 Å². The molecule has 23 heavy (non-hydrogen) atoms. The Kier molecular flexibility index (Phi) is 5.11. The second-order valence-corrected chi connectivity index (χ2v) is 7.26. The van der Waals surface area contributed by atoms with Crippen LogP contribution in [-0.4, -0.2) is 59.1 Å². The van der Waals surface area contributed by atoms with E-state index < -0.39 is 0 Å². The fourth-order valence-electron chi connectivity index (χ4n) is 2.87. The van der Waals surface area contributed by atoms with Crippen molar-refractivity contribution in [3.8, 4) is 0 Å². The highest BCUT2D eigenvalue weighted by atomic mass is 19.1. The van der Waals surface area contributed by atoms with Crippen LogP contribution in [0.25, 0.3) is 0 Å². The van der Waals surface area contributed by atoms with Crippen LogP contribution in [0.15, 0.2) is 18.2 Å². The number of aryl methyl sites for hydroxylation is 1. The van der Waals surface area contributed by atoms with Crippen LogP contribution in [0.1, 0.15) is 36.7 Å². The van der Waals surface area contributed by atoms with Crippen molar-refractivity contribution >= 4 is 5.91 Å². The molecular weight excluding hydrogens is 295 g/mol. The normalized spacial score (nSPS) is 17.7. The minimum absolute atomic E-state index is 0.103. The van der Waals surface area contributed by atoms with E-state index in [0.29, 0.717) is 24.2 Å². The standard InChI is InChI=1S/C18H27FN2O2/c1-12-8-14(6-7-16(12)19)17(23)20(5)18(3,4)13(2)9-21-10-15(22)11-21/h6-8,13,15,22H,9-11H2,1-5H3. The van der Waals surface area contributed by atoms with Crippen molar-refractivity contribution < 1.29 is 14.3 Å². The Balaban J connectivity index is 2.07. The Morgan fingerprint density at radius 1 is 1.48 bits per heavy atom. The lowest BCUT2D eigenvalue weighted by Gasteiger charge is -2.45. The van der Waals surface area contributed by atoms with Crippen LogP contribution in [0, 0.1) is 18.7 Å². The molecule has 0 aromatic heterocycles. The van der Waals surface area contributed by atoms with Gasteiger partial charge in [-0.15, -0.1) is 0 Å². The number of aliphatic hydroxyl groups is 1. The first-order valence-electron chi connectivity index (χ1n) is 8.07. The second kappa shape index (κ2) is 6.57. The number of nitrogens with zero attached hydrogens (tertiary/aromatic N) is 2. The molecule has 1 aromatic carbocycles. The van der Waals surface area contributed by atoms with Crippen molar-refractivity contribution in [2.45, 2.75) is 39.3 Å². The van der Waals surface area contributed by atoms with E-state index >= 15 is 0 Å². The molecule has 5 heteroatoms. The predicted octanol–water partition coefficient (Wildman–Crippen LogP) is 2.30. The smallest absolute Gasteiger partial charge is 0.254 e. The van der Waals surface area contributed by atoms with Crippen LogP contribution < -0.4 is 0 Å². The number of rotatable bonds is 5. The number of β-amino-alcohol motifs (C(OH)–C–C–N with tert-alkyl or cyclic N) is 1. The first-order chi connectivity index (χ1) is 10.6. The van der Waals surface area contributed by atoms with E-state index in [1.165, 1.54) is 12.1 Å². The van der Waals surface area contributed by atoms with Crippen molar-refractivity contribution in [3.05, 3.63) is 35.1 Å². The van der Waals surface area contributed by atoms with E-state index in [-0.39, 0.29) is 29.3 Å². The molecule has 0 saturated carbocycles. The van der Waals surface area contributed by atoms with Crippen LogP contribution in [0.5, 0.6) is 0 Å². The zero-order valence-electron chi connectivity index (χ0n) is 14.6. The van der Waals surface area contributed by atoms with Gasteiger partial charge in [0, 0.05) is 37.8 Å². The van der Waals surface area contributed by atoms with Gasteiger partial charge in [-0.3, -0.25) is 9.69 Å². The van der Waals surface area contributed by atoms with Gasteiger partial charge in [0.05, 0.1) is 6.10 Å². The molecule has 1 unspecified atom stereocenters. The summed E-state index contributed by atoms with van der Waals surface area (Å²) < 4.78 is 13.4. The molecule has 1 heterocycles. The van der Waals surface area contributed by atoms with Crippen LogP contribution in [0.2, 0.25) is 0 Å². The zero-order valence-corrected chi connectivity index (χ0v) is 14.6. The molecule has 1 fully saturated rings. The van der Waals surface area contributed by atoms with Crippen molar-refractivity contribution in [2.75, 3.05) is 26.7 Å². The minimum atomic E-state index is -0.347. The van der Waals surface area contributed by atoms with Gasteiger partial charge in [0.15, 0.2) is 0 Å². The fourth-order valence-corrected chi connectivity index (χ4v) is 2.87. The summed E-state index contributed by atoms with van der Waals surface area (Å²) in [5.74, 6) is -0.160. The van der Waals surface area contributed by atoms with E-state index in [1.54, 1.807) is 24.9 Å². The van der Waals surface area contributed by atoms with Gasteiger partial charge in [-0.1, -0.05) is 6.92 Å². The number of carbonyl (C=O) groups is 1. The molecule has 0 spiro atoms. The average Bonchev–Trinajstić information content (AvgIpc) is 2.46. The van der Waals surface area contributed by atoms with Crippen molar-refractivity contribution in [2.24, 2.45) is 5.92 Å². The number of likely N-dealkylation sites (tertiary alicyclic amines) is 1. The largest absolute Gasteiger partial charge is 0.390 e. The predicted molar refractivity (Wildman–Crippen MR) is 88.9 cm³/mol. The number of aliphatic hydroxyl groups excluding tert-OH is 1. The molecule has 1 atom stereocenters. The molecule has 1 aliphatic heterocycles. The molecule has 0 bridgehead atoms. The quantitative estimate of drug-likeness (QED) is 0.904. The Labute approximate surface area is 137 Å². The second-order valence-electron chi connectivity index (χ2n) is 7.26. The summed E-state index contributed by atoms with van der Waals surface area (Å²) in [6.45, 7) is 10.1. The van der Waals surface area contributed by atoms with Gasteiger partial charge < -0.3 is 10.0 Å². The summed E-state index contributed by atoms with van der Waals surface area (Å²) in [5, 5.41) is 9.39. The molecule has 1 amide bonds. The van der Waals surface area contributed by atoms with Crippen molar-refractivity contribution in [3.63, 3.8) is 0 Å². The number of carbonyl (C=O) groups excluding carboxylic acids is 1. The number of hydrogen-bond acceptors (Lipinski definition) is 3. The lowest BCUT2D eigenvalue weighted by atomic mass is 9.85. The Bertz CT molecular complexity index is 582. The molecule has 1 saturated heterocycles. The van der Waals surface area contributed by atoms with Crippen molar-refractivity contribution in [1.29, 1.82) is 0 Å². The lowest BCUT2D eigenvalue weighted by molar-refractivity contribution is -0.0211. The summed E-state index contributed by atoms with van der Waals surface area (Å²) >= 11 is 0. The van der Waals surface area contributed by atoms with E-state index in [4.69, 9.17) is 0 Å². The molecule has 1 aromatic rings. The highest BCUT2D eigenvalue weighted by molar-refractivity contribution is 5.94. The Hall–Kier alpha value is -1.46. The fraction of sp³-hybridized carbons (Fsp3) is 0.611. The van der Waals surface area contributed by atoms with E-state index in [0.717, 1.165) is 6.54 Å². The summed E-state index contributed by atoms with van der Waals surface area (Å²) in [5.41, 5.74) is 0.635. The van der Waals surface area contributed by atoms with Gasteiger partial charge in [0.25, 0.3) is 5.91 Å². The third-order valence-corrected chi connectivity index (χ3v) is 5.25. The molecule has 0 radical (unpaired) electrons. The first-order valence-corrected chi connectivity index (χ1v) is 8.07. The van der Waals surface area contributed by atoms with E-state index in [1.807, 2.05) is 13.8 Å². The summed E-state index contributed by atoms with van der Waals surface area (Å²) in [4.78, 5) is 16.7. The number of halogens is 1. The highest BCUT2D eigenvalue weighted by Crippen LogP contribution is 2.27.